The third-order valence-corrected chi connectivity index (χ3v) is 6.73. The molecule has 37 heavy (non-hydrogen) atoms. The summed E-state index contributed by atoms with van der Waals surface area (Å²) in [5.41, 5.74) is 6.99. The van der Waals surface area contributed by atoms with Crippen molar-refractivity contribution < 1.29 is 0 Å². The average Bonchev–Trinajstić information content (AvgIpc) is 3.27. The van der Waals surface area contributed by atoms with Crippen LogP contribution in [0.1, 0.15) is 0 Å². The maximum atomic E-state index is 3.79. The van der Waals surface area contributed by atoms with E-state index in [2.05, 4.69) is 131 Å². The van der Waals surface area contributed by atoms with Gasteiger partial charge >= 0.3 is 0 Å². The van der Waals surface area contributed by atoms with Gasteiger partial charge in [0.2, 0.25) is 0 Å². The molecule has 1 heterocycles. The van der Waals surface area contributed by atoms with Crippen LogP contribution in [0.4, 0.5) is 11.4 Å². The van der Waals surface area contributed by atoms with E-state index in [0.717, 1.165) is 17.9 Å². The average molecular weight is 478 g/mol. The van der Waals surface area contributed by atoms with Gasteiger partial charge in [-0.05, 0) is 53.6 Å². The smallest absolute Gasteiger partial charge is 0.0574 e. The van der Waals surface area contributed by atoms with Gasteiger partial charge in [0.15, 0.2) is 0 Å². The highest BCUT2D eigenvalue weighted by molar-refractivity contribution is 6.18. The predicted octanol–water partition coefficient (Wildman–Crippen LogP) is 9.13. The van der Waals surface area contributed by atoms with E-state index in [9.17, 15) is 0 Å². The zero-order valence-electron chi connectivity index (χ0n) is 20.5. The Morgan fingerprint density at radius 1 is 0.676 bits per heavy atom. The van der Waals surface area contributed by atoms with E-state index >= 15 is 0 Å². The summed E-state index contributed by atoms with van der Waals surface area (Å²) in [6.07, 6.45) is 7.79. The van der Waals surface area contributed by atoms with Gasteiger partial charge in [0.05, 0.1) is 11.0 Å². The molecule has 0 bridgehead atoms. The molecule has 0 radical (unpaired) electrons. The van der Waals surface area contributed by atoms with Crippen molar-refractivity contribution in [2.45, 2.75) is 6.54 Å². The Morgan fingerprint density at radius 2 is 1.46 bits per heavy atom. The molecule has 6 aromatic rings. The molecule has 6 rings (SSSR count). The first-order valence-electron chi connectivity index (χ1n) is 12.5. The Bertz CT molecular complexity index is 1790. The van der Waals surface area contributed by atoms with E-state index in [1.165, 1.54) is 43.7 Å². The monoisotopic (exact) mass is 477 g/mol. The number of hydrogen-bond acceptors (Lipinski definition) is 2. The fourth-order valence-electron chi connectivity index (χ4n) is 5.06. The molecular weight excluding hydrogens is 450 g/mol. The summed E-state index contributed by atoms with van der Waals surface area (Å²) in [6.45, 7) is 4.26. The molecule has 0 amide bonds. The minimum atomic E-state index is 0.752. The fraction of sp³-hybridized carbons (Fsp3) is 0.0294. The first kappa shape index (κ1) is 22.6. The van der Waals surface area contributed by atoms with Crippen molar-refractivity contribution in [2.75, 3.05) is 5.32 Å². The van der Waals surface area contributed by atoms with Crippen LogP contribution in [0.25, 0.3) is 43.7 Å². The van der Waals surface area contributed by atoms with Crippen LogP contribution in [0.3, 0.4) is 0 Å². The second-order valence-electron chi connectivity index (χ2n) is 9.05. The van der Waals surface area contributed by atoms with Crippen LogP contribution in [0, 0.1) is 0 Å². The Hall–Kier alpha value is -4.89. The summed E-state index contributed by atoms with van der Waals surface area (Å²) in [7, 11) is 0. The van der Waals surface area contributed by atoms with Gasteiger partial charge in [0.25, 0.3) is 0 Å². The summed E-state index contributed by atoms with van der Waals surface area (Å²) >= 11 is 0. The van der Waals surface area contributed by atoms with Gasteiger partial charge in [-0.15, -0.1) is 0 Å². The maximum Gasteiger partial charge on any atom is 0.0574 e. The number of anilines is 2. The van der Waals surface area contributed by atoms with Crippen molar-refractivity contribution in [2.24, 2.45) is 4.99 Å². The van der Waals surface area contributed by atoms with E-state index < -0.39 is 0 Å². The fourth-order valence-corrected chi connectivity index (χ4v) is 5.06. The lowest BCUT2D eigenvalue weighted by Gasteiger charge is -2.11. The molecule has 0 saturated heterocycles. The van der Waals surface area contributed by atoms with Gasteiger partial charge in [-0.2, -0.15) is 0 Å². The SMILES string of the molecule is C=N/C=C\C=C/Cn1c2cc(Nc3cccc(-c4ccccc4)c3)ccc2c2ccc3ccccc3c21. The zero-order chi connectivity index (χ0) is 25.0. The van der Waals surface area contributed by atoms with E-state index in [1.807, 2.05) is 18.2 Å². The molecule has 0 atom stereocenters. The van der Waals surface area contributed by atoms with E-state index in [4.69, 9.17) is 0 Å². The molecule has 3 nitrogen and oxygen atoms in total. The third kappa shape index (κ3) is 4.43. The number of nitrogens with one attached hydrogen (secondary N) is 1. The van der Waals surface area contributed by atoms with Crippen LogP contribution in [0.15, 0.2) is 139 Å². The van der Waals surface area contributed by atoms with Crippen LogP contribution < -0.4 is 5.32 Å². The van der Waals surface area contributed by atoms with Gasteiger partial charge < -0.3 is 9.88 Å². The van der Waals surface area contributed by atoms with Crippen molar-refractivity contribution in [1.82, 2.24) is 4.57 Å². The number of rotatable bonds is 7. The molecule has 0 aliphatic rings. The van der Waals surface area contributed by atoms with Crippen LogP contribution in [-0.2, 0) is 6.54 Å². The Kier molecular flexibility index (Phi) is 6.10. The molecule has 0 unspecified atom stereocenters. The quantitative estimate of drug-likeness (QED) is 0.180. The number of aliphatic imine (C=N–C) groups is 1. The molecule has 178 valence electrons. The molecule has 0 fully saturated rings. The lowest BCUT2D eigenvalue weighted by Crippen LogP contribution is -1.96. The number of fused-ring (bicyclic) bond motifs is 5. The standard InChI is InChI=1S/C34H27N3/c1-35-21-8-3-9-22-37-33-24-29(36-28-15-10-14-27(23-28)25-11-4-2-5-12-25)18-20-31(33)32-19-17-26-13-6-7-16-30(26)34(32)37/h2-21,23-24,36H,1,22H2/b9-3-,21-8-. The molecule has 5 aromatic carbocycles. The summed E-state index contributed by atoms with van der Waals surface area (Å²) in [5.74, 6) is 0. The number of hydrogen-bond donors (Lipinski definition) is 1. The van der Waals surface area contributed by atoms with Crippen LogP contribution >= 0.6 is 0 Å². The lowest BCUT2D eigenvalue weighted by atomic mass is 10.0. The van der Waals surface area contributed by atoms with E-state index in [-0.39, 0.29) is 0 Å². The molecular formula is C34H27N3. The molecule has 1 aromatic heterocycles. The number of aromatic nitrogens is 1. The van der Waals surface area contributed by atoms with Crippen LogP contribution in [0.5, 0.6) is 0 Å². The van der Waals surface area contributed by atoms with Crippen molar-refractivity contribution in [3.05, 3.63) is 134 Å². The van der Waals surface area contributed by atoms with Gasteiger partial charge in [-0.3, -0.25) is 4.99 Å². The first-order valence-corrected chi connectivity index (χ1v) is 12.5. The zero-order valence-corrected chi connectivity index (χ0v) is 20.5. The highest BCUT2D eigenvalue weighted by Gasteiger charge is 2.13. The molecule has 0 aliphatic carbocycles. The second-order valence-corrected chi connectivity index (χ2v) is 9.05. The Labute approximate surface area is 216 Å². The number of nitrogens with zero attached hydrogens (tertiary/aromatic N) is 2. The summed E-state index contributed by atoms with van der Waals surface area (Å²) in [6, 6.07) is 38.8. The lowest BCUT2D eigenvalue weighted by molar-refractivity contribution is 0.902. The summed E-state index contributed by atoms with van der Waals surface area (Å²) in [5, 5.41) is 8.66. The Morgan fingerprint density at radius 3 is 2.35 bits per heavy atom. The van der Waals surface area contributed by atoms with Gasteiger partial charge in [-0.25, -0.2) is 0 Å². The van der Waals surface area contributed by atoms with Gasteiger partial charge in [0, 0.05) is 40.3 Å². The second kappa shape index (κ2) is 10.00. The predicted molar refractivity (Wildman–Crippen MR) is 160 cm³/mol. The van der Waals surface area contributed by atoms with Crippen molar-refractivity contribution in [1.29, 1.82) is 0 Å². The molecule has 0 saturated carbocycles. The molecule has 0 aliphatic heterocycles. The largest absolute Gasteiger partial charge is 0.355 e. The highest BCUT2D eigenvalue weighted by atomic mass is 15.0. The molecule has 1 N–H and O–H groups in total. The summed E-state index contributed by atoms with van der Waals surface area (Å²) in [4.78, 5) is 3.79. The van der Waals surface area contributed by atoms with Crippen molar-refractivity contribution in [3.63, 3.8) is 0 Å². The first-order chi connectivity index (χ1) is 18.3. The third-order valence-electron chi connectivity index (χ3n) is 6.73. The highest BCUT2D eigenvalue weighted by Crippen LogP contribution is 2.36. The van der Waals surface area contributed by atoms with Crippen molar-refractivity contribution in [3.8, 4) is 11.1 Å². The van der Waals surface area contributed by atoms with Gasteiger partial charge in [0.1, 0.15) is 0 Å². The molecule has 3 heteroatoms. The van der Waals surface area contributed by atoms with E-state index in [0.29, 0.717) is 0 Å². The van der Waals surface area contributed by atoms with Crippen LogP contribution in [0.2, 0.25) is 0 Å². The topological polar surface area (TPSA) is 29.3 Å². The minimum absolute atomic E-state index is 0.752. The normalized spacial score (nSPS) is 11.8. The van der Waals surface area contributed by atoms with Gasteiger partial charge in [-0.1, -0.05) is 97.1 Å². The minimum Gasteiger partial charge on any atom is -0.355 e. The van der Waals surface area contributed by atoms with Crippen molar-refractivity contribution >= 4 is 50.7 Å². The number of benzene rings is 5. The maximum absolute atomic E-state index is 3.79. The Balaban J connectivity index is 1.45. The summed E-state index contributed by atoms with van der Waals surface area (Å²) < 4.78 is 2.41. The van der Waals surface area contributed by atoms with Crippen LogP contribution in [-0.4, -0.2) is 11.3 Å². The number of allylic oxidation sites excluding steroid dienone is 3. The van der Waals surface area contributed by atoms with E-state index in [1.54, 1.807) is 6.20 Å². The molecule has 0 spiro atoms.